The SMILES string of the molecule is N#CC1CCN(C(=O)c2ccc(F)cc2Cl)CC1. The van der Waals surface area contributed by atoms with Gasteiger partial charge in [0.25, 0.3) is 5.91 Å². The van der Waals surface area contributed by atoms with E-state index < -0.39 is 5.82 Å². The molecular formula is C13H12ClFN2O. The van der Waals surface area contributed by atoms with E-state index in [0.29, 0.717) is 31.5 Å². The van der Waals surface area contributed by atoms with Crippen molar-refractivity contribution in [3.63, 3.8) is 0 Å². The van der Waals surface area contributed by atoms with Gasteiger partial charge in [0, 0.05) is 19.0 Å². The molecule has 1 heterocycles. The summed E-state index contributed by atoms with van der Waals surface area (Å²) < 4.78 is 12.9. The van der Waals surface area contributed by atoms with Crippen LogP contribution in [0.15, 0.2) is 18.2 Å². The minimum Gasteiger partial charge on any atom is -0.339 e. The number of amides is 1. The maximum absolute atomic E-state index is 12.9. The first-order valence-electron chi connectivity index (χ1n) is 5.75. The number of carbonyl (C=O) groups excluding carboxylic acids is 1. The Hall–Kier alpha value is -1.60. The Balaban J connectivity index is 2.11. The third kappa shape index (κ3) is 2.62. The van der Waals surface area contributed by atoms with Crippen LogP contribution < -0.4 is 0 Å². The molecule has 5 heteroatoms. The largest absolute Gasteiger partial charge is 0.339 e. The van der Waals surface area contributed by atoms with Gasteiger partial charge in [0.2, 0.25) is 0 Å². The second kappa shape index (κ2) is 5.36. The first-order valence-corrected chi connectivity index (χ1v) is 6.13. The fourth-order valence-corrected chi connectivity index (χ4v) is 2.29. The van der Waals surface area contributed by atoms with Crippen LogP contribution in [0.3, 0.4) is 0 Å². The number of hydrogen-bond acceptors (Lipinski definition) is 2. The molecule has 1 aromatic rings. The van der Waals surface area contributed by atoms with Gasteiger partial charge in [-0.1, -0.05) is 11.6 Å². The Labute approximate surface area is 110 Å². The molecule has 0 saturated carbocycles. The molecule has 1 aromatic carbocycles. The van der Waals surface area contributed by atoms with Crippen molar-refractivity contribution < 1.29 is 9.18 Å². The molecule has 0 atom stereocenters. The number of carbonyl (C=O) groups is 1. The number of rotatable bonds is 1. The first kappa shape index (κ1) is 12.8. The van der Waals surface area contributed by atoms with Crippen LogP contribution in [0.5, 0.6) is 0 Å². The lowest BCUT2D eigenvalue weighted by atomic mass is 9.98. The van der Waals surface area contributed by atoms with Gasteiger partial charge < -0.3 is 4.90 Å². The monoisotopic (exact) mass is 266 g/mol. The van der Waals surface area contributed by atoms with Crippen LogP contribution in [-0.2, 0) is 0 Å². The predicted molar refractivity (Wildman–Crippen MR) is 65.7 cm³/mol. The maximum atomic E-state index is 12.9. The fourth-order valence-electron chi connectivity index (χ4n) is 2.04. The minimum atomic E-state index is -0.459. The summed E-state index contributed by atoms with van der Waals surface area (Å²) in [6.07, 6.45) is 1.36. The molecule has 18 heavy (non-hydrogen) atoms. The molecule has 0 aliphatic carbocycles. The zero-order valence-corrected chi connectivity index (χ0v) is 10.5. The maximum Gasteiger partial charge on any atom is 0.255 e. The molecule has 1 aliphatic rings. The number of piperidine rings is 1. The molecule has 1 aliphatic heterocycles. The zero-order valence-electron chi connectivity index (χ0n) is 9.70. The van der Waals surface area contributed by atoms with Crippen LogP contribution >= 0.6 is 11.6 Å². The Morgan fingerprint density at radius 2 is 2.11 bits per heavy atom. The Kier molecular flexibility index (Phi) is 3.83. The van der Waals surface area contributed by atoms with Crippen LogP contribution in [-0.4, -0.2) is 23.9 Å². The van der Waals surface area contributed by atoms with E-state index in [1.54, 1.807) is 4.90 Å². The normalized spacial score (nSPS) is 16.4. The van der Waals surface area contributed by atoms with Crippen molar-refractivity contribution in [2.45, 2.75) is 12.8 Å². The van der Waals surface area contributed by atoms with Crippen molar-refractivity contribution >= 4 is 17.5 Å². The summed E-state index contributed by atoms with van der Waals surface area (Å²) >= 11 is 5.86. The lowest BCUT2D eigenvalue weighted by Crippen LogP contribution is -2.38. The van der Waals surface area contributed by atoms with Crippen molar-refractivity contribution in [1.29, 1.82) is 5.26 Å². The van der Waals surface area contributed by atoms with E-state index in [4.69, 9.17) is 16.9 Å². The number of halogens is 2. The summed E-state index contributed by atoms with van der Waals surface area (Å²) in [6, 6.07) is 5.97. The molecular weight excluding hydrogens is 255 g/mol. The van der Waals surface area contributed by atoms with Gasteiger partial charge in [0.1, 0.15) is 5.82 Å². The highest BCUT2D eigenvalue weighted by molar-refractivity contribution is 6.33. The van der Waals surface area contributed by atoms with Crippen LogP contribution in [0, 0.1) is 23.1 Å². The summed E-state index contributed by atoms with van der Waals surface area (Å²) in [5.41, 5.74) is 0.313. The minimum absolute atomic E-state index is 0.0257. The third-order valence-electron chi connectivity index (χ3n) is 3.13. The number of hydrogen-bond donors (Lipinski definition) is 0. The topological polar surface area (TPSA) is 44.1 Å². The van der Waals surface area contributed by atoms with Crippen LogP contribution in [0.25, 0.3) is 0 Å². The van der Waals surface area contributed by atoms with Crippen molar-refractivity contribution in [2.24, 2.45) is 5.92 Å². The highest BCUT2D eigenvalue weighted by atomic mass is 35.5. The van der Waals surface area contributed by atoms with Crippen LogP contribution in [0.4, 0.5) is 4.39 Å². The van der Waals surface area contributed by atoms with Gasteiger partial charge in [-0.3, -0.25) is 4.79 Å². The summed E-state index contributed by atoms with van der Waals surface area (Å²) in [5, 5.41) is 8.92. The molecule has 0 spiro atoms. The summed E-state index contributed by atoms with van der Waals surface area (Å²) in [4.78, 5) is 13.8. The molecule has 2 rings (SSSR count). The highest BCUT2D eigenvalue weighted by Crippen LogP contribution is 2.22. The first-order chi connectivity index (χ1) is 8.61. The van der Waals surface area contributed by atoms with Gasteiger partial charge in [-0.2, -0.15) is 5.26 Å². The van der Waals surface area contributed by atoms with E-state index >= 15 is 0 Å². The molecule has 94 valence electrons. The van der Waals surface area contributed by atoms with Crippen molar-refractivity contribution in [2.75, 3.05) is 13.1 Å². The van der Waals surface area contributed by atoms with Gasteiger partial charge in [-0.25, -0.2) is 4.39 Å². The van der Waals surface area contributed by atoms with Gasteiger partial charge in [-0.05, 0) is 31.0 Å². The van der Waals surface area contributed by atoms with E-state index in [1.807, 2.05) is 0 Å². The van der Waals surface area contributed by atoms with E-state index in [2.05, 4.69) is 6.07 Å². The smallest absolute Gasteiger partial charge is 0.255 e. The second-order valence-corrected chi connectivity index (χ2v) is 4.73. The zero-order chi connectivity index (χ0) is 13.1. The molecule has 0 unspecified atom stereocenters. The predicted octanol–water partition coefficient (Wildman–Crippen LogP) is 2.85. The third-order valence-corrected chi connectivity index (χ3v) is 3.44. The van der Waals surface area contributed by atoms with Crippen LogP contribution in [0.1, 0.15) is 23.2 Å². The number of nitriles is 1. The van der Waals surface area contributed by atoms with E-state index in [1.165, 1.54) is 12.1 Å². The second-order valence-electron chi connectivity index (χ2n) is 4.32. The van der Waals surface area contributed by atoms with E-state index in [0.717, 1.165) is 6.07 Å². The Morgan fingerprint density at radius 1 is 1.44 bits per heavy atom. The molecule has 0 N–H and O–H groups in total. The molecule has 1 saturated heterocycles. The van der Waals surface area contributed by atoms with Gasteiger partial charge in [-0.15, -0.1) is 0 Å². The lowest BCUT2D eigenvalue weighted by Gasteiger charge is -2.29. The van der Waals surface area contributed by atoms with Gasteiger partial charge in [0.05, 0.1) is 16.7 Å². The number of benzene rings is 1. The average molecular weight is 267 g/mol. The molecule has 0 bridgehead atoms. The number of nitrogens with zero attached hydrogens (tertiary/aromatic N) is 2. The quantitative estimate of drug-likeness (QED) is 0.784. The molecule has 0 aromatic heterocycles. The summed E-state index contributed by atoms with van der Waals surface area (Å²) in [7, 11) is 0. The van der Waals surface area contributed by atoms with Gasteiger partial charge in [0.15, 0.2) is 0 Å². The van der Waals surface area contributed by atoms with Gasteiger partial charge >= 0.3 is 0 Å². The van der Waals surface area contributed by atoms with Crippen molar-refractivity contribution in [3.05, 3.63) is 34.6 Å². The number of likely N-dealkylation sites (tertiary alicyclic amines) is 1. The molecule has 3 nitrogen and oxygen atoms in total. The highest BCUT2D eigenvalue weighted by Gasteiger charge is 2.24. The summed E-state index contributed by atoms with van der Waals surface area (Å²) in [6.45, 7) is 1.09. The molecule has 1 amide bonds. The van der Waals surface area contributed by atoms with Crippen molar-refractivity contribution in [3.8, 4) is 6.07 Å². The molecule has 1 fully saturated rings. The lowest BCUT2D eigenvalue weighted by molar-refractivity contribution is 0.0707. The van der Waals surface area contributed by atoms with E-state index in [9.17, 15) is 9.18 Å². The standard InChI is InChI=1S/C13H12ClFN2O/c14-12-7-10(15)1-2-11(12)13(18)17-5-3-9(8-16)4-6-17/h1-2,7,9H,3-6H2. The van der Waals surface area contributed by atoms with E-state index in [-0.39, 0.29) is 16.8 Å². The van der Waals surface area contributed by atoms with Crippen LogP contribution in [0.2, 0.25) is 5.02 Å². The molecule has 0 radical (unpaired) electrons. The summed E-state index contributed by atoms with van der Waals surface area (Å²) in [5.74, 6) is -0.631. The Bertz CT molecular complexity index is 504. The average Bonchev–Trinajstić information content (AvgIpc) is 2.38. The fraction of sp³-hybridized carbons (Fsp3) is 0.385. The van der Waals surface area contributed by atoms with Crippen molar-refractivity contribution in [1.82, 2.24) is 4.90 Å². The Morgan fingerprint density at radius 3 is 2.67 bits per heavy atom.